The fourth-order valence-corrected chi connectivity index (χ4v) is 2.23. The van der Waals surface area contributed by atoms with Gasteiger partial charge in [0.25, 0.3) is 0 Å². The van der Waals surface area contributed by atoms with Crippen LogP contribution in [0.2, 0.25) is 0 Å². The van der Waals surface area contributed by atoms with Crippen molar-refractivity contribution in [2.45, 2.75) is 39.1 Å². The van der Waals surface area contributed by atoms with Gasteiger partial charge in [-0.3, -0.25) is 0 Å². The zero-order valence-corrected chi connectivity index (χ0v) is 10.6. The van der Waals surface area contributed by atoms with Crippen molar-refractivity contribution in [3.63, 3.8) is 0 Å². The molecule has 1 aromatic heterocycles. The summed E-state index contributed by atoms with van der Waals surface area (Å²) in [4.78, 5) is 6.59. The van der Waals surface area contributed by atoms with E-state index in [1.54, 1.807) is 13.1 Å². The van der Waals surface area contributed by atoms with Gasteiger partial charge in [0.05, 0.1) is 18.3 Å². The summed E-state index contributed by atoms with van der Waals surface area (Å²) in [5.74, 6) is 0.922. The summed E-state index contributed by atoms with van der Waals surface area (Å²) in [6, 6.07) is 3.80. The molecule has 0 aliphatic carbocycles. The van der Waals surface area contributed by atoms with E-state index in [0.29, 0.717) is 0 Å². The van der Waals surface area contributed by atoms with Gasteiger partial charge in [0.1, 0.15) is 5.82 Å². The number of aliphatic hydroxyl groups excluding tert-OH is 1. The molecule has 0 bridgehead atoms. The number of hydrogen-bond acceptors (Lipinski definition) is 4. The number of ether oxygens (including phenoxy) is 1. The summed E-state index contributed by atoms with van der Waals surface area (Å²) in [5, 5.41) is 9.58. The van der Waals surface area contributed by atoms with Gasteiger partial charge in [0.2, 0.25) is 0 Å². The SMILES string of the molecule is CC1CN(c2cc([C@H](C)O)ccn2)CC(C)O1. The van der Waals surface area contributed by atoms with E-state index < -0.39 is 6.10 Å². The minimum Gasteiger partial charge on any atom is -0.389 e. The highest BCUT2D eigenvalue weighted by atomic mass is 16.5. The molecule has 1 aliphatic heterocycles. The zero-order valence-electron chi connectivity index (χ0n) is 10.6. The van der Waals surface area contributed by atoms with Crippen LogP contribution in [-0.4, -0.2) is 35.4 Å². The van der Waals surface area contributed by atoms with Crippen LogP contribution < -0.4 is 4.90 Å². The van der Waals surface area contributed by atoms with Crippen molar-refractivity contribution in [1.29, 1.82) is 0 Å². The fraction of sp³-hybridized carbons (Fsp3) is 0.615. The summed E-state index contributed by atoms with van der Waals surface area (Å²) in [7, 11) is 0. The highest BCUT2D eigenvalue weighted by Gasteiger charge is 2.23. The molecule has 0 saturated carbocycles. The van der Waals surface area contributed by atoms with E-state index in [1.165, 1.54) is 0 Å². The Balaban J connectivity index is 2.18. The van der Waals surface area contributed by atoms with Gasteiger partial charge in [-0.1, -0.05) is 0 Å². The predicted molar refractivity (Wildman–Crippen MR) is 67.1 cm³/mol. The Labute approximate surface area is 102 Å². The summed E-state index contributed by atoms with van der Waals surface area (Å²) in [5.41, 5.74) is 0.904. The van der Waals surface area contributed by atoms with Crippen molar-refractivity contribution in [3.05, 3.63) is 23.9 Å². The minimum absolute atomic E-state index is 0.218. The second-order valence-corrected chi connectivity index (χ2v) is 4.79. The lowest BCUT2D eigenvalue weighted by molar-refractivity contribution is -0.00546. The Bertz CT molecular complexity index is 371. The normalized spacial score (nSPS) is 26.9. The number of rotatable bonds is 2. The molecule has 1 fully saturated rings. The fourth-order valence-electron chi connectivity index (χ4n) is 2.23. The van der Waals surface area contributed by atoms with Gasteiger partial charge >= 0.3 is 0 Å². The number of nitrogens with zero attached hydrogens (tertiary/aromatic N) is 2. The number of aliphatic hydroxyl groups is 1. The monoisotopic (exact) mass is 236 g/mol. The number of aromatic nitrogens is 1. The molecule has 0 radical (unpaired) electrons. The van der Waals surface area contributed by atoms with E-state index >= 15 is 0 Å². The first-order valence-corrected chi connectivity index (χ1v) is 6.10. The molecule has 1 aromatic rings. The second-order valence-electron chi connectivity index (χ2n) is 4.79. The first kappa shape index (κ1) is 12.3. The molecule has 1 aliphatic rings. The average molecular weight is 236 g/mol. The maximum absolute atomic E-state index is 9.58. The maximum atomic E-state index is 9.58. The molecule has 0 aromatic carbocycles. The third-order valence-electron chi connectivity index (χ3n) is 3.00. The second kappa shape index (κ2) is 5.02. The van der Waals surface area contributed by atoms with Crippen LogP contribution in [0.4, 0.5) is 5.82 Å². The lowest BCUT2D eigenvalue weighted by Crippen LogP contribution is -2.45. The molecule has 1 saturated heterocycles. The molecule has 2 rings (SSSR count). The van der Waals surface area contributed by atoms with Gasteiger partial charge in [0, 0.05) is 19.3 Å². The quantitative estimate of drug-likeness (QED) is 0.849. The molecule has 1 N–H and O–H groups in total. The maximum Gasteiger partial charge on any atom is 0.129 e. The zero-order chi connectivity index (χ0) is 12.4. The van der Waals surface area contributed by atoms with Gasteiger partial charge in [-0.05, 0) is 38.5 Å². The van der Waals surface area contributed by atoms with Crippen LogP contribution in [0.25, 0.3) is 0 Å². The van der Waals surface area contributed by atoms with E-state index in [2.05, 4.69) is 23.7 Å². The van der Waals surface area contributed by atoms with Crippen LogP contribution in [0.5, 0.6) is 0 Å². The molecule has 4 nitrogen and oxygen atoms in total. The standard InChI is InChI=1S/C13H20N2O2/c1-9-7-15(8-10(2)17-9)13-6-12(11(3)16)4-5-14-13/h4-6,9-11,16H,7-8H2,1-3H3/t9?,10?,11-/m0/s1. The van der Waals surface area contributed by atoms with Gasteiger partial charge in [-0.15, -0.1) is 0 Å². The number of anilines is 1. The van der Waals surface area contributed by atoms with Crippen LogP contribution in [0.15, 0.2) is 18.3 Å². The smallest absolute Gasteiger partial charge is 0.129 e. The van der Waals surface area contributed by atoms with Crippen molar-refractivity contribution in [2.24, 2.45) is 0 Å². The van der Waals surface area contributed by atoms with Crippen LogP contribution in [0, 0.1) is 0 Å². The molecule has 94 valence electrons. The van der Waals surface area contributed by atoms with Crippen LogP contribution in [0.3, 0.4) is 0 Å². The van der Waals surface area contributed by atoms with Crippen molar-refractivity contribution < 1.29 is 9.84 Å². The van der Waals surface area contributed by atoms with Crippen molar-refractivity contribution in [1.82, 2.24) is 4.98 Å². The minimum atomic E-state index is -0.451. The van der Waals surface area contributed by atoms with Crippen molar-refractivity contribution in [2.75, 3.05) is 18.0 Å². The Kier molecular flexibility index (Phi) is 3.64. The summed E-state index contributed by atoms with van der Waals surface area (Å²) in [6.07, 6.45) is 1.74. The highest BCUT2D eigenvalue weighted by Crippen LogP contribution is 2.21. The first-order valence-electron chi connectivity index (χ1n) is 6.10. The van der Waals surface area contributed by atoms with Gasteiger partial charge in [-0.2, -0.15) is 0 Å². The van der Waals surface area contributed by atoms with Gasteiger partial charge in [-0.25, -0.2) is 4.98 Å². The van der Waals surface area contributed by atoms with Crippen molar-refractivity contribution in [3.8, 4) is 0 Å². The van der Waals surface area contributed by atoms with Crippen molar-refractivity contribution >= 4 is 5.82 Å². The molecule has 2 unspecified atom stereocenters. The van der Waals surface area contributed by atoms with E-state index in [1.807, 2.05) is 12.1 Å². The molecule has 4 heteroatoms. The Hall–Kier alpha value is -1.13. The lowest BCUT2D eigenvalue weighted by Gasteiger charge is -2.36. The number of morpholine rings is 1. The number of pyridine rings is 1. The third-order valence-corrected chi connectivity index (χ3v) is 3.00. The summed E-state index contributed by atoms with van der Waals surface area (Å²) < 4.78 is 5.70. The Morgan fingerprint density at radius 1 is 1.41 bits per heavy atom. The van der Waals surface area contributed by atoms with E-state index in [-0.39, 0.29) is 12.2 Å². The van der Waals surface area contributed by atoms with E-state index in [9.17, 15) is 5.11 Å². The third kappa shape index (κ3) is 2.96. The molecule has 0 spiro atoms. The van der Waals surface area contributed by atoms with Crippen LogP contribution >= 0.6 is 0 Å². The molecule has 0 amide bonds. The highest BCUT2D eigenvalue weighted by molar-refractivity contribution is 5.42. The molecule has 3 atom stereocenters. The molecular formula is C13H20N2O2. The van der Waals surface area contributed by atoms with E-state index in [0.717, 1.165) is 24.5 Å². The Morgan fingerprint density at radius 3 is 2.65 bits per heavy atom. The number of hydrogen-bond donors (Lipinski definition) is 1. The van der Waals surface area contributed by atoms with Gasteiger partial charge in [0.15, 0.2) is 0 Å². The summed E-state index contributed by atoms with van der Waals surface area (Å²) in [6.45, 7) is 7.60. The molecular weight excluding hydrogens is 216 g/mol. The first-order chi connectivity index (χ1) is 8.06. The summed E-state index contributed by atoms with van der Waals surface area (Å²) >= 11 is 0. The molecule has 17 heavy (non-hydrogen) atoms. The lowest BCUT2D eigenvalue weighted by atomic mass is 10.1. The topological polar surface area (TPSA) is 45.6 Å². The Morgan fingerprint density at radius 2 is 2.06 bits per heavy atom. The average Bonchev–Trinajstić information content (AvgIpc) is 2.28. The van der Waals surface area contributed by atoms with Crippen LogP contribution in [0.1, 0.15) is 32.4 Å². The van der Waals surface area contributed by atoms with Crippen LogP contribution in [-0.2, 0) is 4.74 Å². The molecule has 2 heterocycles. The van der Waals surface area contributed by atoms with E-state index in [4.69, 9.17) is 4.74 Å². The van der Waals surface area contributed by atoms with Gasteiger partial charge < -0.3 is 14.7 Å². The predicted octanol–water partition coefficient (Wildman–Crippen LogP) is 1.75. The largest absolute Gasteiger partial charge is 0.389 e.